The van der Waals surface area contributed by atoms with Gasteiger partial charge in [0, 0.05) is 16.3 Å². The second-order valence-electron chi connectivity index (χ2n) is 6.70. The number of nitrogens with one attached hydrogen (secondary N) is 1. The molecule has 0 bridgehead atoms. The van der Waals surface area contributed by atoms with E-state index >= 15 is 0 Å². The van der Waals surface area contributed by atoms with E-state index in [4.69, 9.17) is 25.9 Å². The van der Waals surface area contributed by atoms with Gasteiger partial charge in [-0.25, -0.2) is 0 Å². The lowest BCUT2D eigenvalue weighted by atomic mass is 10.2. The van der Waals surface area contributed by atoms with Gasteiger partial charge in [0.2, 0.25) is 0 Å². The number of benzene rings is 3. The van der Waals surface area contributed by atoms with E-state index in [9.17, 15) is 4.79 Å². The fraction of sp³-hybridized carbons (Fsp3) is 0.167. The molecule has 3 aromatic carbocycles. The molecule has 0 saturated heterocycles. The Morgan fingerprint density at radius 3 is 2.65 bits per heavy atom. The fourth-order valence-electron chi connectivity index (χ4n) is 2.73. The molecule has 0 aromatic heterocycles. The number of methoxy groups -OCH3 is 1. The third-order valence-electron chi connectivity index (χ3n) is 4.37. The molecule has 0 heterocycles. The zero-order valence-electron chi connectivity index (χ0n) is 17.3. The minimum Gasteiger partial charge on any atom is -0.493 e. The molecule has 0 aliphatic carbocycles. The first-order valence-corrected chi connectivity index (χ1v) is 9.99. The molecule has 0 atom stereocenters. The number of oxime groups is 1. The maximum Gasteiger partial charge on any atom is 0.265 e. The van der Waals surface area contributed by atoms with Crippen LogP contribution in [-0.4, -0.2) is 25.8 Å². The Kier molecular flexibility index (Phi) is 7.90. The number of hydrogen-bond donors (Lipinski definition) is 1. The Morgan fingerprint density at radius 1 is 1.06 bits per heavy atom. The van der Waals surface area contributed by atoms with Crippen molar-refractivity contribution in [2.45, 2.75) is 13.5 Å². The highest BCUT2D eigenvalue weighted by atomic mass is 35.5. The smallest absolute Gasteiger partial charge is 0.265 e. The summed E-state index contributed by atoms with van der Waals surface area (Å²) in [6.07, 6.45) is 1.50. The number of carbonyl (C=O) groups excluding carboxylic acids is 1. The van der Waals surface area contributed by atoms with Crippen LogP contribution >= 0.6 is 11.6 Å². The molecule has 0 unspecified atom stereocenters. The van der Waals surface area contributed by atoms with Gasteiger partial charge in [-0.3, -0.25) is 4.79 Å². The first-order valence-electron chi connectivity index (χ1n) is 9.61. The van der Waals surface area contributed by atoms with E-state index in [1.54, 1.807) is 31.4 Å². The van der Waals surface area contributed by atoms with Gasteiger partial charge in [0.05, 0.1) is 13.3 Å². The van der Waals surface area contributed by atoms with E-state index in [0.29, 0.717) is 28.8 Å². The number of aryl methyl sites for hydroxylation is 1. The molecule has 1 amide bonds. The van der Waals surface area contributed by atoms with Crippen LogP contribution in [0.5, 0.6) is 11.5 Å². The Hall–Kier alpha value is -3.51. The summed E-state index contributed by atoms with van der Waals surface area (Å²) in [5.74, 6) is 0.875. The van der Waals surface area contributed by atoms with Crippen LogP contribution in [0.4, 0.5) is 5.69 Å². The summed E-state index contributed by atoms with van der Waals surface area (Å²) in [5.41, 5.74) is 3.36. The normalized spacial score (nSPS) is 10.7. The molecule has 6 nitrogen and oxygen atoms in total. The highest BCUT2D eigenvalue weighted by Crippen LogP contribution is 2.28. The number of nitrogens with zero attached hydrogens (tertiary/aromatic N) is 1. The van der Waals surface area contributed by atoms with Crippen LogP contribution in [0.3, 0.4) is 0 Å². The molecule has 7 heteroatoms. The van der Waals surface area contributed by atoms with Crippen molar-refractivity contribution in [3.63, 3.8) is 0 Å². The number of halogens is 1. The Balaban J connectivity index is 1.52. The predicted octanol–water partition coefficient (Wildman–Crippen LogP) is 5.23. The van der Waals surface area contributed by atoms with Crippen LogP contribution < -0.4 is 14.8 Å². The van der Waals surface area contributed by atoms with E-state index in [1.165, 1.54) is 6.21 Å². The minimum absolute atomic E-state index is 0.224. The van der Waals surface area contributed by atoms with Crippen molar-refractivity contribution >= 4 is 29.4 Å². The van der Waals surface area contributed by atoms with E-state index in [0.717, 1.165) is 16.7 Å². The summed E-state index contributed by atoms with van der Waals surface area (Å²) in [6.45, 7) is 2.10. The summed E-state index contributed by atoms with van der Waals surface area (Å²) >= 11 is 5.96. The number of ether oxygens (including phenoxy) is 2. The third kappa shape index (κ3) is 6.76. The quantitative estimate of drug-likeness (QED) is 0.367. The van der Waals surface area contributed by atoms with Gasteiger partial charge in [0.15, 0.2) is 18.1 Å². The van der Waals surface area contributed by atoms with E-state index in [1.807, 2.05) is 49.4 Å². The third-order valence-corrected chi connectivity index (χ3v) is 4.61. The number of anilines is 1. The summed E-state index contributed by atoms with van der Waals surface area (Å²) in [7, 11) is 1.57. The average molecular weight is 439 g/mol. The standard InChI is InChI=1S/C24H23ClN2O4/c1-17-8-10-20(25)13-21(17)27-24(28)16-31-26-14-19-9-11-22(23(12-19)29-2)30-15-18-6-4-3-5-7-18/h3-14H,15-16H2,1-2H3,(H,27,28)/b26-14+. The highest BCUT2D eigenvalue weighted by Gasteiger charge is 2.07. The Labute approximate surface area is 186 Å². The van der Waals surface area contributed by atoms with Crippen molar-refractivity contribution in [3.05, 3.63) is 88.4 Å². The van der Waals surface area contributed by atoms with Gasteiger partial charge < -0.3 is 19.6 Å². The second kappa shape index (κ2) is 11.0. The van der Waals surface area contributed by atoms with Crippen molar-refractivity contribution in [2.24, 2.45) is 5.16 Å². The largest absolute Gasteiger partial charge is 0.493 e. The number of hydrogen-bond acceptors (Lipinski definition) is 5. The Morgan fingerprint density at radius 2 is 1.87 bits per heavy atom. The molecule has 0 saturated carbocycles. The fourth-order valence-corrected chi connectivity index (χ4v) is 2.90. The molecule has 0 spiro atoms. The zero-order chi connectivity index (χ0) is 22.1. The molecule has 3 aromatic rings. The summed E-state index contributed by atoms with van der Waals surface area (Å²) in [6, 6.07) is 20.6. The molecular weight excluding hydrogens is 416 g/mol. The molecule has 3 rings (SSSR count). The second-order valence-corrected chi connectivity index (χ2v) is 7.14. The topological polar surface area (TPSA) is 69.2 Å². The number of amides is 1. The molecular formula is C24H23ClN2O4. The molecule has 0 fully saturated rings. The lowest BCUT2D eigenvalue weighted by molar-refractivity contribution is -0.120. The van der Waals surface area contributed by atoms with E-state index in [-0.39, 0.29) is 12.5 Å². The molecule has 0 aliphatic heterocycles. The first kappa shape index (κ1) is 22.2. The summed E-state index contributed by atoms with van der Waals surface area (Å²) in [4.78, 5) is 17.1. The SMILES string of the molecule is COc1cc(/C=N/OCC(=O)Nc2cc(Cl)ccc2C)ccc1OCc1ccccc1. The van der Waals surface area contributed by atoms with Crippen LogP contribution in [0.25, 0.3) is 0 Å². The molecule has 31 heavy (non-hydrogen) atoms. The zero-order valence-corrected chi connectivity index (χ0v) is 18.1. The lowest BCUT2D eigenvalue weighted by Crippen LogP contribution is -2.17. The van der Waals surface area contributed by atoms with Crippen molar-refractivity contribution in [3.8, 4) is 11.5 Å². The van der Waals surface area contributed by atoms with Gasteiger partial charge in [-0.15, -0.1) is 0 Å². The van der Waals surface area contributed by atoms with E-state index in [2.05, 4.69) is 10.5 Å². The van der Waals surface area contributed by atoms with Gasteiger partial charge in [-0.2, -0.15) is 0 Å². The number of carbonyl (C=O) groups is 1. The molecule has 0 aliphatic rings. The van der Waals surface area contributed by atoms with Crippen molar-refractivity contribution in [1.29, 1.82) is 0 Å². The number of rotatable bonds is 9. The average Bonchev–Trinajstić information content (AvgIpc) is 2.78. The molecule has 0 radical (unpaired) electrons. The van der Waals surface area contributed by atoms with E-state index < -0.39 is 0 Å². The predicted molar refractivity (Wildman–Crippen MR) is 122 cm³/mol. The van der Waals surface area contributed by atoms with Crippen LogP contribution in [-0.2, 0) is 16.2 Å². The van der Waals surface area contributed by atoms with Gasteiger partial charge >= 0.3 is 0 Å². The minimum atomic E-state index is -0.329. The van der Waals surface area contributed by atoms with Crippen LogP contribution in [0, 0.1) is 6.92 Å². The van der Waals surface area contributed by atoms with Crippen LogP contribution in [0.15, 0.2) is 71.9 Å². The molecule has 1 N–H and O–H groups in total. The summed E-state index contributed by atoms with van der Waals surface area (Å²) < 4.78 is 11.2. The Bertz CT molecular complexity index is 1050. The lowest BCUT2D eigenvalue weighted by Gasteiger charge is -2.11. The van der Waals surface area contributed by atoms with Crippen molar-refractivity contribution in [2.75, 3.05) is 19.0 Å². The van der Waals surface area contributed by atoms with Crippen LogP contribution in [0.1, 0.15) is 16.7 Å². The van der Waals surface area contributed by atoms with Gasteiger partial charge in [0.25, 0.3) is 5.91 Å². The van der Waals surface area contributed by atoms with Gasteiger partial charge in [-0.05, 0) is 48.4 Å². The summed E-state index contributed by atoms with van der Waals surface area (Å²) in [5, 5.41) is 7.14. The molecule has 160 valence electrons. The van der Waals surface area contributed by atoms with Crippen molar-refractivity contribution < 1.29 is 19.1 Å². The first-order chi connectivity index (χ1) is 15.0. The van der Waals surface area contributed by atoms with Crippen LogP contribution in [0.2, 0.25) is 5.02 Å². The van der Waals surface area contributed by atoms with Crippen molar-refractivity contribution in [1.82, 2.24) is 0 Å². The monoisotopic (exact) mass is 438 g/mol. The highest BCUT2D eigenvalue weighted by molar-refractivity contribution is 6.31. The van der Waals surface area contributed by atoms with Gasteiger partial charge in [0.1, 0.15) is 6.61 Å². The maximum atomic E-state index is 12.0. The van der Waals surface area contributed by atoms with Gasteiger partial charge in [-0.1, -0.05) is 53.2 Å². The maximum absolute atomic E-state index is 12.0.